The van der Waals surface area contributed by atoms with Crippen LogP contribution in [0, 0.1) is 11.7 Å². The molecule has 1 saturated carbocycles. The van der Waals surface area contributed by atoms with Crippen molar-refractivity contribution in [2.24, 2.45) is 5.92 Å². The molecule has 9 heteroatoms. The molecule has 0 radical (unpaired) electrons. The van der Waals surface area contributed by atoms with E-state index in [0.717, 1.165) is 0 Å². The van der Waals surface area contributed by atoms with Crippen LogP contribution in [-0.4, -0.2) is 75.5 Å². The maximum atomic E-state index is 14.9. The molecule has 0 bridgehead atoms. The molecule has 7 nitrogen and oxygen atoms in total. The van der Waals surface area contributed by atoms with Crippen LogP contribution in [0.5, 0.6) is 0 Å². The molecule has 1 aromatic rings. The summed E-state index contributed by atoms with van der Waals surface area (Å²) in [5.74, 6) is -6.74. The largest absolute Gasteiger partial charge is 0.369 e. The zero-order chi connectivity index (χ0) is 43.1. The van der Waals surface area contributed by atoms with Crippen LogP contribution in [0.15, 0.2) is 18.1 Å². The number of rotatable bonds is 10. The Kier molecular flexibility index (Phi) is 3.45. The number of sulfonamides is 1. The number of carbonyl (C=O) groups excluding carboxylic acids is 1. The molecule has 186 valence electrons. The molecular weight excluding hydrogens is 443 g/mol. The predicted molar refractivity (Wildman–Crippen MR) is 132 cm³/mol. The summed E-state index contributed by atoms with van der Waals surface area (Å²) >= 11 is 0. The topological polar surface area (TPSA) is 73.0 Å². The van der Waals surface area contributed by atoms with E-state index < -0.39 is 115 Å². The van der Waals surface area contributed by atoms with Crippen LogP contribution < -0.4 is 10.2 Å². The minimum absolute atomic E-state index is 0.0144. The van der Waals surface area contributed by atoms with Gasteiger partial charge in [-0.2, -0.15) is 0 Å². The predicted octanol–water partition coefficient (Wildman–Crippen LogP) is 3.53. The van der Waals surface area contributed by atoms with E-state index in [1.54, 1.807) is 4.90 Å². The summed E-state index contributed by atoms with van der Waals surface area (Å²) in [5, 5.41) is -0.286. The van der Waals surface area contributed by atoms with Crippen LogP contribution in [0.3, 0.4) is 0 Å². The third-order valence-electron chi connectivity index (χ3n) is 4.80. The summed E-state index contributed by atoms with van der Waals surface area (Å²) in [6, 6.07) is -2.93. The Balaban J connectivity index is 1.79. The highest BCUT2D eigenvalue weighted by atomic mass is 32.2. The minimum Gasteiger partial charge on any atom is -0.369 e. The van der Waals surface area contributed by atoms with Crippen LogP contribution in [0.1, 0.15) is 80.3 Å². The second kappa shape index (κ2) is 12.1. The number of nitrogens with one attached hydrogen (secondary N) is 1. The minimum atomic E-state index is -6.02. The molecule has 0 spiro atoms. The van der Waals surface area contributed by atoms with Gasteiger partial charge in [0.25, 0.3) is 0 Å². The zero-order valence-electron chi connectivity index (χ0n) is 39.5. The first kappa shape index (κ1) is 9.39. The molecule has 0 unspecified atom stereocenters. The number of piperazine rings is 1. The number of carbonyl (C=O) groups is 1. The van der Waals surface area contributed by atoms with Crippen molar-refractivity contribution < 1.29 is 47.8 Å². The first-order chi connectivity index (χ1) is 24.4. The first-order valence-electron chi connectivity index (χ1n) is 21.0. The second-order valence-electron chi connectivity index (χ2n) is 7.13. The average Bonchev–Trinajstić information content (AvgIpc) is 3.01. The normalized spacial score (nSPS) is 37.2. The molecule has 1 amide bonds. The molecule has 1 N–H and O–H groups in total. The van der Waals surface area contributed by atoms with Gasteiger partial charge in [0.1, 0.15) is 5.82 Å². The highest BCUT2D eigenvalue weighted by molar-refractivity contribution is 7.89. The van der Waals surface area contributed by atoms with Crippen LogP contribution in [0.2, 0.25) is 1.41 Å². The van der Waals surface area contributed by atoms with Gasteiger partial charge in [0.2, 0.25) is 15.9 Å². The maximum absolute atomic E-state index is 14.9. The molecule has 3 rings (SSSR count). The fourth-order valence-electron chi connectivity index (χ4n) is 3.19. The molecule has 33 heavy (non-hydrogen) atoms. The fraction of sp³-hybridized carbons (Fsp3) is 0.708. The summed E-state index contributed by atoms with van der Waals surface area (Å²) < 4.78 is 217. The van der Waals surface area contributed by atoms with Crippen molar-refractivity contribution in [2.45, 2.75) is 51.6 Å². The van der Waals surface area contributed by atoms with Crippen molar-refractivity contribution in [2.75, 3.05) is 62.2 Å². The lowest BCUT2D eigenvalue weighted by Crippen LogP contribution is -2.46. The molecule has 1 aromatic carbocycles. The smallest absolute Gasteiger partial charge is 0.221 e. The van der Waals surface area contributed by atoms with Crippen molar-refractivity contribution in [1.29, 1.82) is 0 Å². The van der Waals surface area contributed by atoms with E-state index in [1.807, 2.05) is 0 Å². The Labute approximate surface area is 229 Å². The lowest BCUT2D eigenvalue weighted by Gasteiger charge is -2.36. The van der Waals surface area contributed by atoms with Crippen LogP contribution in [0.25, 0.3) is 0 Å². The summed E-state index contributed by atoms with van der Waals surface area (Å²) in [7, 11) is -6.02. The molecule has 0 atom stereocenters. The quantitative estimate of drug-likeness (QED) is 0.494. The van der Waals surface area contributed by atoms with E-state index in [2.05, 4.69) is 0 Å². The number of amides is 1. The van der Waals surface area contributed by atoms with Gasteiger partial charge in [-0.3, -0.25) is 9.69 Å². The molecular formula is C24H39FN4O3S. The van der Waals surface area contributed by atoms with E-state index >= 15 is 0 Å². The van der Waals surface area contributed by atoms with E-state index in [4.69, 9.17) is 30.2 Å². The molecule has 0 aromatic heterocycles. The lowest BCUT2D eigenvalue weighted by atomic mass is 9.91. The maximum Gasteiger partial charge on any atom is 0.221 e. The third-order valence-corrected chi connectivity index (χ3v) is 6.09. The Morgan fingerprint density at radius 2 is 2.03 bits per heavy atom. The molecule has 1 heterocycles. The Hall–Kier alpha value is -1.71. The average molecular weight is 505 g/mol. The fourth-order valence-corrected chi connectivity index (χ4v) is 4.10. The monoisotopic (exact) mass is 504 g/mol. The molecule has 1 aliphatic heterocycles. The Morgan fingerprint density at radius 3 is 2.73 bits per heavy atom. The zero-order valence-corrected chi connectivity index (χ0v) is 18.4. The van der Waals surface area contributed by atoms with Crippen molar-refractivity contribution in [3.63, 3.8) is 0 Å². The van der Waals surface area contributed by atoms with E-state index in [1.165, 1.54) is 4.90 Å². The number of hydrogen-bond donors (Lipinski definition) is 1. The highest BCUT2D eigenvalue weighted by Crippen LogP contribution is 2.26. The molecule has 2 aliphatic rings. The van der Waals surface area contributed by atoms with Gasteiger partial charge in [-0.1, -0.05) is 19.1 Å². The number of hydrogen-bond acceptors (Lipinski definition) is 5. The number of nitrogens with zero attached hydrogens (tertiary/aromatic N) is 3. The molecule has 1 saturated heterocycles. The van der Waals surface area contributed by atoms with Crippen molar-refractivity contribution in [3.8, 4) is 0 Å². The van der Waals surface area contributed by atoms with E-state index in [9.17, 15) is 17.6 Å². The van der Waals surface area contributed by atoms with E-state index in [0.29, 0.717) is 0 Å². The second-order valence-corrected chi connectivity index (χ2v) is 8.76. The van der Waals surface area contributed by atoms with Crippen molar-refractivity contribution >= 4 is 27.3 Å². The van der Waals surface area contributed by atoms with Gasteiger partial charge in [0.15, 0.2) is 1.41 Å². The van der Waals surface area contributed by atoms with Gasteiger partial charge < -0.3 is 10.2 Å². The number of unbranched alkanes of at least 4 members (excludes halogenated alkanes) is 1. The van der Waals surface area contributed by atoms with Gasteiger partial charge in [-0.25, -0.2) is 17.1 Å². The summed E-state index contributed by atoms with van der Waals surface area (Å²) in [6.07, 6.45) is -20.4. The summed E-state index contributed by atoms with van der Waals surface area (Å²) in [6.45, 7) is -7.62. The van der Waals surface area contributed by atoms with Gasteiger partial charge in [-0.05, 0) is 56.2 Å². The highest BCUT2D eigenvalue weighted by Gasteiger charge is 2.25. The number of benzene rings is 1. The number of halogens is 1. The van der Waals surface area contributed by atoms with Crippen molar-refractivity contribution in [3.05, 3.63) is 23.9 Å². The molecule has 2 fully saturated rings. The van der Waals surface area contributed by atoms with Gasteiger partial charge in [0, 0.05) is 82.6 Å². The van der Waals surface area contributed by atoms with Crippen molar-refractivity contribution in [1.82, 2.24) is 9.21 Å². The summed E-state index contributed by atoms with van der Waals surface area (Å²) in [5.41, 5.74) is -5.76. The lowest BCUT2D eigenvalue weighted by molar-refractivity contribution is -0.114. The number of anilines is 2. The van der Waals surface area contributed by atoms with Gasteiger partial charge in [0.05, 0.1) is 9.82 Å². The Bertz CT molecular complexity index is 1720. The first-order valence-corrected chi connectivity index (χ1v) is 11.5. The van der Waals surface area contributed by atoms with Gasteiger partial charge >= 0.3 is 0 Å². The van der Waals surface area contributed by atoms with Crippen LogP contribution in [-0.2, 0) is 14.8 Å². The third kappa shape index (κ3) is 8.22. The SMILES string of the molecule is [2H]c1c(F)c([2H])c(N([2H])C(=O)C([2H])([2H])[2H])c([2H])c1N1CCN(CCCCN(C([2H])([2H])[2H])S(=O)(=O)C([2H])([2H])C2C([2H])([2H])C([2H])([2H])C([2H])([2H])C([2H])([2H])C2([2H])[2H])CC1. The van der Waals surface area contributed by atoms with E-state index in [-0.39, 0.29) is 55.2 Å². The molecule has 1 aliphatic carbocycles. The standard InChI is InChI=1S/C24H39FN4O3S/c1-20(30)26-23-16-22(25)17-24(18-23)29-14-12-28(13-15-29)11-7-6-10-27(2)33(31,32)19-21-8-4-3-5-9-21/h16-18,21H,3-15,19H2,1-2H3,(H,26,30)/i1D3,2D3,3D2,4D2,5D2,8D2,9D2,16D,17D,18D,19D2/hD. The van der Waals surface area contributed by atoms with Crippen LogP contribution >= 0.6 is 0 Å². The summed E-state index contributed by atoms with van der Waals surface area (Å²) in [4.78, 5) is 15.3. The van der Waals surface area contributed by atoms with Crippen LogP contribution in [0.4, 0.5) is 15.8 Å². The van der Waals surface area contributed by atoms with Gasteiger partial charge in [-0.15, -0.1) is 0 Å². The Morgan fingerprint density at radius 1 is 1.27 bits per heavy atom.